The van der Waals surface area contributed by atoms with Gasteiger partial charge in [0.15, 0.2) is 0 Å². The summed E-state index contributed by atoms with van der Waals surface area (Å²) in [7, 11) is 1.75. The molecule has 2 unspecified atom stereocenters. The summed E-state index contributed by atoms with van der Waals surface area (Å²) in [6.45, 7) is 10.7. The van der Waals surface area contributed by atoms with Crippen LogP contribution in [0.5, 0.6) is 0 Å². The monoisotopic (exact) mass is 421 g/mol. The highest BCUT2D eigenvalue weighted by atomic mass is 16.6. The molecule has 7 atom stereocenters. The minimum absolute atomic E-state index is 0.0744. The van der Waals surface area contributed by atoms with E-state index in [9.17, 15) is 9.90 Å². The lowest BCUT2D eigenvalue weighted by Crippen LogP contribution is -2.67. The van der Waals surface area contributed by atoms with Crippen molar-refractivity contribution in [2.24, 2.45) is 16.7 Å². The molecule has 0 radical (unpaired) electrons. The van der Waals surface area contributed by atoms with E-state index in [0.29, 0.717) is 25.4 Å². The second-order valence-corrected chi connectivity index (χ2v) is 10.7. The minimum Gasteiger partial charge on any atom is -0.443 e. The normalized spacial score (nSPS) is 45.2. The van der Waals surface area contributed by atoms with Crippen LogP contribution in [0.4, 0.5) is 4.79 Å². The van der Waals surface area contributed by atoms with Crippen LogP contribution in [0.1, 0.15) is 66.2 Å². The highest BCUT2D eigenvalue weighted by Gasteiger charge is 2.74. The maximum atomic E-state index is 12.8. The zero-order valence-corrected chi connectivity index (χ0v) is 19.3. The number of hydrogen-bond donors (Lipinski definition) is 1. The highest BCUT2D eigenvalue weighted by Crippen LogP contribution is 2.70. The first-order valence-corrected chi connectivity index (χ1v) is 11.6. The van der Waals surface area contributed by atoms with Crippen LogP contribution in [0, 0.1) is 16.7 Å². The second-order valence-electron chi connectivity index (χ2n) is 10.7. The Hall–Kier alpha value is -1.11. The molecule has 6 nitrogen and oxygen atoms in total. The van der Waals surface area contributed by atoms with E-state index >= 15 is 0 Å². The van der Waals surface area contributed by atoms with E-state index in [-0.39, 0.29) is 34.7 Å². The molecule has 2 saturated carbocycles. The smallest absolute Gasteiger partial charge is 0.410 e. The molecule has 0 bridgehead atoms. The molecular formula is C24H39NO5. The summed E-state index contributed by atoms with van der Waals surface area (Å²) >= 11 is 0. The summed E-state index contributed by atoms with van der Waals surface area (Å²) in [6, 6.07) is 0. The van der Waals surface area contributed by atoms with Gasteiger partial charge in [-0.25, -0.2) is 4.79 Å². The fourth-order valence-corrected chi connectivity index (χ4v) is 6.64. The number of rotatable bonds is 5. The van der Waals surface area contributed by atoms with Gasteiger partial charge in [-0.05, 0) is 63.7 Å². The number of carbonyl (C=O) groups excluding carboxylic acids is 1. The molecule has 2 saturated heterocycles. The SMILES string of the molecule is CO[C@@H]1[C@H](OC(=O)N2CCC(O)C2)CCC2(CO2)[C@@]1(C)[C@@]1(C)CC[C@@H]1CC=C(C)C. The molecule has 0 aromatic heterocycles. The van der Waals surface area contributed by atoms with Crippen molar-refractivity contribution in [3.8, 4) is 0 Å². The van der Waals surface area contributed by atoms with Gasteiger partial charge in [-0.1, -0.05) is 25.5 Å². The quantitative estimate of drug-likeness (QED) is 0.538. The summed E-state index contributed by atoms with van der Waals surface area (Å²) in [5, 5.41) is 9.78. The molecule has 1 N–H and O–H groups in total. The first kappa shape index (κ1) is 22.1. The van der Waals surface area contributed by atoms with Crippen molar-refractivity contribution >= 4 is 6.09 Å². The van der Waals surface area contributed by atoms with E-state index in [2.05, 4.69) is 33.8 Å². The van der Waals surface area contributed by atoms with Crippen molar-refractivity contribution in [1.29, 1.82) is 0 Å². The summed E-state index contributed by atoms with van der Waals surface area (Å²) in [4.78, 5) is 14.4. The molecule has 1 spiro atoms. The predicted octanol–water partition coefficient (Wildman–Crippen LogP) is 3.91. The Bertz CT molecular complexity index is 700. The van der Waals surface area contributed by atoms with E-state index in [0.717, 1.165) is 32.3 Å². The molecule has 0 aromatic rings. The Morgan fingerprint density at radius 1 is 1.23 bits per heavy atom. The summed E-state index contributed by atoms with van der Waals surface area (Å²) in [5.74, 6) is 0.583. The van der Waals surface area contributed by atoms with Crippen LogP contribution >= 0.6 is 0 Å². The van der Waals surface area contributed by atoms with Gasteiger partial charge < -0.3 is 24.2 Å². The number of β-amino-alcohol motifs (C(OH)–C–C–N with tert-alkyl or cyclic N) is 1. The first-order chi connectivity index (χ1) is 14.2. The fraction of sp³-hybridized carbons (Fsp3) is 0.875. The second kappa shape index (κ2) is 7.79. The van der Waals surface area contributed by atoms with E-state index in [1.807, 2.05) is 0 Å². The van der Waals surface area contributed by atoms with Crippen molar-refractivity contribution in [3.63, 3.8) is 0 Å². The van der Waals surface area contributed by atoms with Gasteiger partial charge >= 0.3 is 6.09 Å². The van der Waals surface area contributed by atoms with Crippen molar-refractivity contribution in [2.45, 2.75) is 90.1 Å². The molecule has 6 heteroatoms. The maximum Gasteiger partial charge on any atom is 0.410 e. The average Bonchev–Trinajstić information content (AvgIpc) is 3.35. The molecule has 30 heavy (non-hydrogen) atoms. The largest absolute Gasteiger partial charge is 0.443 e. The number of allylic oxidation sites excluding steroid dienone is 2. The van der Waals surface area contributed by atoms with Crippen LogP contribution < -0.4 is 0 Å². The van der Waals surface area contributed by atoms with Crippen molar-refractivity contribution in [3.05, 3.63) is 11.6 Å². The number of carbonyl (C=O) groups is 1. The standard InChI is InChI=1S/C24H39NO5/c1-16(2)6-7-17-8-11-22(17,3)23(4)20(28-5)19(9-12-24(23)15-29-24)30-21(27)25-13-10-18(26)14-25/h6,17-20,26H,7-15H2,1-5H3/t17-,18?,19+,20+,22-,23+,24?/m0/s1. The number of amides is 1. The molecule has 4 rings (SSSR count). The van der Waals surface area contributed by atoms with E-state index in [1.54, 1.807) is 12.0 Å². The maximum absolute atomic E-state index is 12.8. The Kier molecular flexibility index (Phi) is 5.74. The zero-order chi connectivity index (χ0) is 21.7. The van der Waals surface area contributed by atoms with Gasteiger partial charge in [0, 0.05) is 25.6 Å². The number of methoxy groups -OCH3 is 1. The number of epoxide rings is 1. The molecule has 2 aliphatic heterocycles. The Labute approximate surface area is 180 Å². The van der Waals surface area contributed by atoms with Crippen LogP contribution in [0.3, 0.4) is 0 Å². The molecule has 4 fully saturated rings. The van der Waals surface area contributed by atoms with Crippen molar-refractivity contribution in [1.82, 2.24) is 4.90 Å². The number of ether oxygens (including phenoxy) is 3. The van der Waals surface area contributed by atoms with Crippen LogP contribution in [0.2, 0.25) is 0 Å². The lowest BCUT2D eigenvalue weighted by Gasteiger charge is -2.64. The Balaban J connectivity index is 1.57. The third-order valence-corrected chi connectivity index (χ3v) is 9.02. The van der Waals surface area contributed by atoms with Gasteiger partial charge in [0.05, 0.1) is 12.7 Å². The minimum atomic E-state index is -0.444. The molecule has 1 amide bonds. The van der Waals surface area contributed by atoms with Gasteiger partial charge in [-0.15, -0.1) is 0 Å². The summed E-state index contributed by atoms with van der Waals surface area (Å²) in [6.07, 6.45) is 6.81. The van der Waals surface area contributed by atoms with Gasteiger partial charge in [0.1, 0.15) is 17.8 Å². The summed E-state index contributed by atoms with van der Waals surface area (Å²) in [5.41, 5.74) is 1.04. The number of aliphatic hydroxyl groups is 1. The summed E-state index contributed by atoms with van der Waals surface area (Å²) < 4.78 is 18.3. The molecule has 0 aromatic carbocycles. The van der Waals surface area contributed by atoms with E-state index in [4.69, 9.17) is 14.2 Å². The van der Waals surface area contributed by atoms with Crippen LogP contribution in [-0.2, 0) is 14.2 Å². The molecule has 170 valence electrons. The van der Waals surface area contributed by atoms with Gasteiger partial charge in [0.2, 0.25) is 0 Å². The fourth-order valence-electron chi connectivity index (χ4n) is 6.64. The van der Waals surface area contributed by atoms with Crippen molar-refractivity contribution in [2.75, 3.05) is 26.8 Å². The van der Waals surface area contributed by atoms with Gasteiger partial charge in [-0.3, -0.25) is 0 Å². The molecule has 2 heterocycles. The first-order valence-electron chi connectivity index (χ1n) is 11.6. The molecular weight excluding hydrogens is 382 g/mol. The lowest BCUT2D eigenvalue weighted by atomic mass is 9.41. The van der Waals surface area contributed by atoms with Crippen LogP contribution in [-0.4, -0.2) is 66.8 Å². The number of hydrogen-bond acceptors (Lipinski definition) is 5. The third kappa shape index (κ3) is 3.30. The van der Waals surface area contributed by atoms with E-state index < -0.39 is 6.10 Å². The number of nitrogens with zero attached hydrogens (tertiary/aromatic N) is 1. The predicted molar refractivity (Wildman–Crippen MR) is 114 cm³/mol. The van der Waals surface area contributed by atoms with E-state index in [1.165, 1.54) is 12.0 Å². The van der Waals surface area contributed by atoms with Gasteiger partial charge in [-0.2, -0.15) is 0 Å². The Morgan fingerprint density at radius 2 is 1.97 bits per heavy atom. The lowest BCUT2D eigenvalue weighted by molar-refractivity contribution is -0.230. The average molecular weight is 422 g/mol. The molecule has 2 aliphatic carbocycles. The molecule has 4 aliphatic rings. The van der Waals surface area contributed by atoms with Gasteiger partial charge in [0.25, 0.3) is 0 Å². The topological polar surface area (TPSA) is 71.5 Å². The highest BCUT2D eigenvalue weighted by molar-refractivity contribution is 5.68. The van der Waals surface area contributed by atoms with Crippen molar-refractivity contribution < 1.29 is 24.1 Å². The number of aliphatic hydroxyl groups excluding tert-OH is 1. The zero-order valence-electron chi connectivity index (χ0n) is 19.3. The Morgan fingerprint density at radius 3 is 2.47 bits per heavy atom. The van der Waals surface area contributed by atoms with Crippen LogP contribution in [0.15, 0.2) is 11.6 Å². The third-order valence-electron chi connectivity index (χ3n) is 9.02. The van der Waals surface area contributed by atoms with Crippen LogP contribution in [0.25, 0.3) is 0 Å². The number of likely N-dealkylation sites (tertiary alicyclic amines) is 1.